The Morgan fingerprint density at radius 2 is 1.89 bits per heavy atom. The predicted octanol–water partition coefficient (Wildman–Crippen LogP) is 2.51. The van der Waals surface area contributed by atoms with Gasteiger partial charge in [-0.15, -0.1) is 0 Å². The molecule has 1 aliphatic carbocycles. The van der Waals surface area contributed by atoms with Crippen LogP contribution >= 0.6 is 23.2 Å². The van der Waals surface area contributed by atoms with Crippen LogP contribution < -0.4 is 10.5 Å². The summed E-state index contributed by atoms with van der Waals surface area (Å²) in [5, 5.41) is 0.0766. The Kier molecular flexibility index (Phi) is 3.78. The number of nitrogen functional groups attached to an aromatic ring is 1. The van der Waals surface area contributed by atoms with E-state index in [0.717, 1.165) is 6.42 Å². The van der Waals surface area contributed by atoms with Gasteiger partial charge in [0.05, 0.1) is 10.0 Å². The molecule has 0 saturated heterocycles. The van der Waals surface area contributed by atoms with E-state index < -0.39 is 10.0 Å². The summed E-state index contributed by atoms with van der Waals surface area (Å²) >= 11 is 11.8. The van der Waals surface area contributed by atoms with E-state index >= 15 is 0 Å². The molecule has 1 aromatic rings. The van der Waals surface area contributed by atoms with Crippen LogP contribution in [0.4, 0.5) is 5.69 Å². The zero-order chi connectivity index (χ0) is 13.5. The maximum Gasteiger partial charge on any atom is 0.243 e. The second-order valence-electron chi connectivity index (χ2n) is 4.64. The van der Waals surface area contributed by atoms with Gasteiger partial charge in [-0.25, -0.2) is 13.1 Å². The minimum absolute atomic E-state index is 0.0383. The highest BCUT2D eigenvalue weighted by molar-refractivity contribution is 7.89. The van der Waals surface area contributed by atoms with E-state index in [0.29, 0.717) is 24.1 Å². The van der Waals surface area contributed by atoms with Crippen molar-refractivity contribution < 1.29 is 8.42 Å². The highest BCUT2D eigenvalue weighted by atomic mass is 35.5. The largest absolute Gasteiger partial charge is 0.399 e. The molecule has 0 amide bonds. The molecular formula is C11H14Cl2N2O2S. The van der Waals surface area contributed by atoms with Gasteiger partial charge in [-0.1, -0.05) is 30.1 Å². The lowest BCUT2D eigenvalue weighted by Crippen LogP contribution is -2.26. The Balaban J connectivity index is 2.24. The van der Waals surface area contributed by atoms with Gasteiger partial charge in [0, 0.05) is 12.2 Å². The van der Waals surface area contributed by atoms with Crippen molar-refractivity contribution in [3.63, 3.8) is 0 Å². The normalized spacial score (nSPS) is 23.1. The third-order valence-corrected chi connectivity index (χ3v) is 5.45. The van der Waals surface area contributed by atoms with Crippen LogP contribution in [0.3, 0.4) is 0 Å². The van der Waals surface area contributed by atoms with E-state index in [4.69, 9.17) is 28.9 Å². The van der Waals surface area contributed by atoms with Crippen LogP contribution in [-0.2, 0) is 10.0 Å². The van der Waals surface area contributed by atoms with E-state index in [2.05, 4.69) is 11.6 Å². The van der Waals surface area contributed by atoms with E-state index in [1.807, 2.05) is 0 Å². The third kappa shape index (κ3) is 2.91. The number of nitrogens with two attached hydrogens (primary N) is 1. The molecule has 0 aromatic heterocycles. The Labute approximate surface area is 117 Å². The summed E-state index contributed by atoms with van der Waals surface area (Å²) in [5.41, 5.74) is 5.87. The fraction of sp³-hybridized carbons (Fsp3) is 0.455. The summed E-state index contributed by atoms with van der Waals surface area (Å²) in [7, 11) is -3.69. The van der Waals surface area contributed by atoms with E-state index in [-0.39, 0.29) is 14.9 Å². The van der Waals surface area contributed by atoms with Gasteiger partial charge in [0.15, 0.2) is 0 Å². The fourth-order valence-corrected chi connectivity index (χ4v) is 4.13. The number of sulfonamides is 1. The van der Waals surface area contributed by atoms with Crippen molar-refractivity contribution >= 4 is 38.9 Å². The number of rotatable bonds is 4. The van der Waals surface area contributed by atoms with Crippen LogP contribution in [0.25, 0.3) is 0 Å². The molecule has 1 aliphatic rings. The fourth-order valence-electron chi connectivity index (χ4n) is 1.81. The van der Waals surface area contributed by atoms with Crippen LogP contribution in [-0.4, -0.2) is 15.0 Å². The lowest BCUT2D eigenvalue weighted by molar-refractivity contribution is 0.574. The van der Waals surface area contributed by atoms with Gasteiger partial charge in [-0.3, -0.25) is 0 Å². The summed E-state index contributed by atoms with van der Waals surface area (Å²) in [6.07, 6.45) is 1.05. The van der Waals surface area contributed by atoms with Crippen LogP contribution in [0, 0.1) is 11.8 Å². The Morgan fingerprint density at radius 1 is 1.39 bits per heavy atom. The van der Waals surface area contributed by atoms with Crippen LogP contribution in [0.15, 0.2) is 17.0 Å². The first kappa shape index (κ1) is 13.9. The maximum absolute atomic E-state index is 12.1. The lowest BCUT2D eigenvalue weighted by atomic mass is 10.3. The van der Waals surface area contributed by atoms with Crippen molar-refractivity contribution in [3.8, 4) is 0 Å². The first-order valence-electron chi connectivity index (χ1n) is 5.55. The van der Waals surface area contributed by atoms with Crippen molar-refractivity contribution in [1.82, 2.24) is 4.72 Å². The summed E-state index contributed by atoms with van der Waals surface area (Å²) in [5.74, 6) is 0.983. The monoisotopic (exact) mass is 308 g/mol. The highest BCUT2D eigenvalue weighted by Gasteiger charge is 2.34. The molecule has 100 valence electrons. The molecule has 3 N–H and O–H groups in total. The molecule has 0 bridgehead atoms. The smallest absolute Gasteiger partial charge is 0.243 e. The first-order valence-corrected chi connectivity index (χ1v) is 7.79. The molecule has 2 unspecified atom stereocenters. The van der Waals surface area contributed by atoms with Gasteiger partial charge in [-0.2, -0.15) is 0 Å². The number of hydrogen-bond acceptors (Lipinski definition) is 3. The standard InChI is InChI=1S/C11H14Cl2N2O2S/c1-6-2-7(6)5-15-18(16,17)11-9(12)3-8(14)4-10(11)13/h3-4,6-7,15H,2,5,14H2,1H3. The molecular weight excluding hydrogens is 295 g/mol. The molecule has 1 fully saturated rings. The second-order valence-corrected chi connectivity index (χ2v) is 7.16. The molecule has 0 spiro atoms. The molecule has 0 heterocycles. The number of nitrogens with one attached hydrogen (secondary N) is 1. The summed E-state index contributed by atoms with van der Waals surface area (Å²) in [6, 6.07) is 2.75. The Hall–Kier alpha value is -0.490. The van der Waals surface area contributed by atoms with E-state index in [1.54, 1.807) is 0 Å². The summed E-state index contributed by atoms with van der Waals surface area (Å²) < 4.78 is 26.7. The Bertz CT molecular complexity index is 551. The van der Waals surface area contributed by atoms with Crippen molar-refractivity contribution in [1.29, 1.82) is 0 Å². The zero-order valence-electron chi connectivity index (χ0n) is 9.78. The maximum atomic E-state index is 12.1. The molecule has 1 saturated carbocycles. The third-order valence-electron chi connectivity index (χ3n) is 3.10. The van der Waals surface area contributed by atoms with Crippen LogP contribution in [0.1, 0.15) is 13.3 Å². The Morgan fingerprint density at radius 3 is 2.33 bits per heavy atom. The molecule has 0 radical (unpaired) electrons. The second kappa shape index (κ2) is 4.89. The van der Waals surface area contributed by atoms with Crippen molar-refractivity contribution in [2.75, 3.05) is 12.3 Å². The topological polar surface area (TPSA) is 72.2 Å². The molecule has 1 aromatic carbocycles. The van der Waals surface area contributed by atoms with Crippen molar-refractivity contribution in [2.45, 2.75) is 18.2 Å². The molecule has 18 heavy (non-hydrogen) atoms. The SMILES string of the molecule is CC1CC1CNS(=O)(=O)c1c(Cl)cc(N)cc1Cl. The van der Waals surface area contributed by atoms with Gasteiger partial charge in [0.25, 0.3) is 0 Å². The van der Waals surface area contributed by atoms with Crippen LogP contribution in [0.2, 0.25) is 10.0 Å². The van der Waals surface area contributed by atoms with Gasteiger partial charge in [-0.05, 0) is 30.4 Å². The summed E-state index contributed by atoms with van der Waals surface area (Å²) in [4.78, 5) is -0.103. The number of benzene rings is 1. The minimum Gasteiger partial charge on any atom is -0.399 e. The molecule has 2 atom stereocenters. The van der Waals surface area contributed by atoms with Crippen molar-refractivity contribution in [2.24, 2.45) is 11.8 Å². The van der Waals surface area contributed by atoms with Gasteiger partial charge < -0.3 is 5.73 Å². The van der Waals surface area contributed by atoms with E-state index in [1.165, 1.54) is 12.1 Å². The number of hydrogen-bond donors (Lipinski definition) is 2. The van der Waals surface area contributed by atoms with Crippen molar-refractivity contribution in [3.05, 3.63) is 22.2 Å². The lowest BCUT2D eigenvalue weighted by Gasteiger charge is -2.10. The van der Waals surface area contributed by atoms with Gasteiger partial charge >= 0.3 is 0 Å². The number of halogens is 2. The average molecular weight is 309 g/mol. The van der Waals surface area contributed by atoms with Crippen LogP contribution in [0.5, 0.6) is 0 Å². The molecule has 2 rings (SSSR count). The summed E-state index contributed by atoms with van der Waals surface area (Å²) in [6.45, 7) is 2.50. The molecule has 4 nitrogen and oxygen atoms in total. The van der Waals surface area contributed by atoms with Gasteiger partial charge in [0.1, 0.15) is 4.90 Å². The van der Waals surface area contributed by atoms with E-state index in [9.17, 15) is 8.42 Å². The molecule has 7 heteroatoms. The molecule has 0 aliphatic heterocycles. The first-order chi connectivity index (χ1) is 8.31. The number of anilines is 1. The average Bonchev–Trinajstić information content (AvgIpc) is 2.89. The highest BCUT2D eigenvalue weighted by Crippen LogP contribution is 2.37. The minimum atomic E-state index is -3.69. The van der Waals surface area contributed by atoms with Gasteiger partial charge in [0.2, 0.25) is 10.0 Å². The quantitative estimate of drug-likeness (QED) is 0.839. The zero-order valence-corrected chi connectivity index (χ0v) is 12.1. The predicted molar refractivity (Wildman–Crippen MR) is 73.3 cm³/mol.